The monoisotopic (exact) mass is 516 g/mol. The molecule has 2 fully saturated rings. The number of alkyl halides is 2. The standard InChI is InChI=1S/C26H31F3N6O2/c1-15(18-4-3-5-19(22(18)27)24(28)29)30-25-20-14-21(31-32-23(20)26(36)34(2)33-25)16-6-10-35(11-7-16)17-8-12-37-13-9-17/h3-5,14-17,24H,6-13H2,1-2H3,(H,30,33)/t15-/m1/s1. The number of hydrogen-bond donors (Lipinski definition) is 1. The van der Waals surface area contributed by atoms with Crippen LogP contribution >= 0.6 is 0 Å². The third kappa shape index (κ3) is 5.19. The van der Waals surface area contributed by atoms with E-state index in [1.165, 1.54) is 19.2 Å². The number of halogens is 3. The smallest absolute Gasteiger partial charge is 0.295 e. The molecule has 1 atom stereocenters. The molecule has 2 aromatic heterocycles. The number of nitrogens with one attached hydrogen (secondary N) is 1. The molecule has 2 aliphatic rings. The highest BCUT2D eigenvalue weighted by molar-refractivity contribution is 5.88. The van der Waals surface area contributed by atoms with Crippen molar-refractivity contribution >= 4 is 16.7 Å². The number of hydrogen-bond acceptors (Lipinski definition) is 7. The molecule has 0 aliphatic carbocycles. The molecule has 0 radical (unpaired) electrons. The molecular formula is C26H31F3N6O2. The number of benzene rings is 1. The van der Waals surface area contributed by atoms with Crippen LogP contribution in [0.5, 0.6) is 0 Å². The van der Waals surface area contributed by atoms with Gasteiger partial charge in [0.2, 0.25) is 0 Å². The summed E-state index contributed by atoms with van der Waals surface area (Å²) >= 11 is 0. The van der Waals surface area contributed by atoms with Crippen molar-refractivity contribution in [2.45, 2.75) is 57.0 Å². The van der Waals surface area contributed by atoms with Crippen molar-refractivity contribution in [2.24, 2.45) is 7.05 Å². The fourth-order valence-corrected chi connectivity index (χ4v) is 5.42. The number of ether oxygens (including phenoxy) is 1. The maximum absolute atomic E-state index is 14.8. The van der Waals surface area contributed by atoms with Crippen LogP contribution in [-0.2, 0) is 11.8 Å². The van der Waals surface area contributed by atoms with Crippen LogP contribution in [0.15, 0.2) is 29.1 Å². The van der Waals surface area contributed by atoms with Crippen LogP contribution in [0.1, 0.15) is 67.8 Å². The van der Waals surface area contributed by atoms with E-state index in [2.05, 4.69) is 25.5 Å². The second-order valence-corrected chi connectivity index (χ2v) is 9.88. The fraction of sp³-hybridized carbons (Fsp3) is 0.538. The molecule has 0 saturated carbocycles. The highest BCUT2D eigenvalue weighted by Crippen LogP contribution is 2.33. The quantitative estimate of drug-likeness (QED) is 0.522. The van der Waals surface area contributed by atoms with Gasteiger partial charge < -0.3 is 15.0 Å². The van der Waals surface area contributed by atoms with Crippen LogP contribution in [-0.4, -0.2) is 57.2 Å². The minimum absolute atomic E-state index is 0.0873. The molecule has 0 spiro atoms. The molecule has 5 rings (SSSR count). The van der Waals surface area contributed by atoms with Crippen molar-refractivity contribution in [3.05, 3.63) is 57.3 Å². The summed E-state index contributed by atoms with van der Waals surface area (Å²) in [6, 6.07) is 5.65. The molecule has 8 nitrogen and oxygen atoms in total. The summed E-state index contributed by atoms with van der Waals surface area (Å²) in [5.41, 5.74) is -0.0189. The molecule has 0 amide bonds. The van der Waals surface area contributed by atoms with Gasteiger partial charge in [0.15, 0.2) is 11.3 Å². The third-order valence-corrected chi connectivity index (χ3v) is 7.58. The van der Waals surface area contributed by atoms with E-state index in [9.17, 15) is 18.0 Å². The molecule has 0 unspecified atom stereocenters. The van der Waals surface area contributed by atoms with Gasteiger partial charge in [-0.2, -0.15) is 10.2 Å². The van der Waals surface area contributed by atoms with Crippen LogP contribution in [0, 0.1) is 5.82 Å². The van der Waals surface area contributed by atoms with E-state index in [4.69, 9.17) is 4.74 Å². The molecule has 11 heteroatoms. The molecular weight excluding hydrogens is 485 g/mol. The van der Waals surface area contributed by atoms with E-state index in [0.29, 0.717) is 17.2 Å². The molecule has 2 saturated heterocycles. The number of aromatic nitrogens is 4. The predicted molar refractivity (Wildman–Crippen MR) is 133 cm³/mol. The van der Waals surface area contributed by atoms with Gasteiger partial charge in [0.1, 0.15) is 5.82 Å². The highest BCUT2D eigenvalue weighted by Gasteiger charge is 2.29. The van der Waals surface area contributed by atoms with Gasteiger partial charge in [-0.3, -0.25) is 4.79 Å². The normalized spacial score (nSPS) is 19.0. The first-order chi connectivity index (χ1) is 17.8. The average Bonchev–Trinajstić information content (AvgIpc) is 2.92. The van der Waals surface area contributed by atoms with Crippen LogP contribution in [0.4, 0.5) is 19.0 Å². The molecule has 198 valence electrons. The van der Waals surface area contributed by atoms with E-state index >= 15 is 0 Å². The van der Waals surface area contributed by atoms with Gasteiger partial charge in [-0.1, -0.05) is 18.2 Å². The zero-order valence-corrected chi connectivity index (χ0v) is 21.0. The van der Waals surface area contributed by atoms with Gasteiger partial charge in [0.25, 0.3) is 12.0 Å². The Morgan fingerprint density at radius 1 is 1.08 bits per heavy atom. The van der Waals surface area contributed by atoms with Crippen molar-refractivity contribution in [1.29, 1.82) is 0 Å². The number of piperidine rings is 1. The molecule has 1 N–H and O–H groups in total. The number of fused-ring (bicyclic) bond motifs is 1. The minimum Gasteiger partial charge on any atom is -0.381 e. The summed E-state index contributed by atoms with van der Waals surface area (Å²) in [7, 11) is 1.50. The SMILES string of the molecule is C[C@@H](Nc1nn(C)c(=O)c2nnc(C3CCN(C4CCOCC4)CC3)cc12)c1cccc(C(F)F)c1F. The van der Waals surface area contributed by atoms with E-state index in [-0.39, 0.29) is 17.0 Å². The largest absolute Gasteiger partial charge is 0.381 e. The second-order valence-electron chi connectivity index (χ2n) is 9.88. The lowest BCUT2D eigenvalue weighted by molar-refractivity contribution is 0.0250. The maximum atomic E-state index is 14.8. The lowest BCUT2D eigenvalue weighted by Gasteiger charge is -2.39. The number of anilines is 1. The second kappa shape index (κ2) is 10.7. The van der Waals surface area contributed by atoms with Gasteiger partial charge in [0, 0.05) is 37.8 Å². The van der Waals surface area contributed by atoms with Crippen molar-refractivity contribution in [3.63, 3.8) is 0 Å². The highest BCUT2D eigenvalue weighted by atomic mass is 19.3. The summed E-state index contributed by atoms with van der Waals surface area (Å²) in [6.07, 6.45) is 1.06. The zero-order chi connectivity index (χ0) is 26.1. The first-order valence-corrected chi connectivity index (χ1v) is 12.7. The number of likely N-dealkylation sites (tertiary alicyclic amines) is 1. The first-order valence-electron chi connectivity index (χ1n) is 12.7. The van der Waals surface area contributed by atoms with E-state index in [1.54, 1.807) is 6.92 Å². The van der Waals surface area contributed by atoms with E-state index < -0.39 is 29.4 Å². The molecule has 3 aromatic rings. The Morgan fingerprint density at radius 3 is 2.49 bits per heavy atom. The number of aryl methyl sites for hydroxylation is 1. The Labute approximate surface area is 212 Å². The molecule has 1 aromatic carbocycles. The minimum atomic E-state index is -2.92. The average molecular weight is 517 g/mol. The topological polar surface area (TPSA) is 85.2 Å². The van der Waals surface area contributed by atoms with Gasteiger partial charge in [0.05, 0.1) is 22.7 Å². The summed E-state index contributed by atoms with van der Waals surface area (Å²) < 4.78 is 47.9. The number of rotatable bonds is 6. The fourth-order valence-electron chi connectivity index (χ4n) is 5.42. The molecule has 4 heterocycles. The van der Waals surface area contributed by atoms with Crippen LogP contribution in [0.2, 0.25) is 0 Å². The van der Waals surface area contributed by atoms with E-state index in [1.807, 2.05) is 6.07 Å². The van der Waals surface area contributed by atoms with Crippen molar-refractivity contribution in [3.8, 4) is 0 Å². The Kier molecular flexibility index (Phi) is 7.43. The van der Waals surface area contributed by atoms with Gasteiger partial charge in [-0.25, -0.2) is 17.9 Å². The van der Waals surface area contributed by atoms with Gasteiger partial charge in [-0.15, -0.1) is 5.10 Å². The molecule has 2 aliphatic heterocycles. The summed E-state index contributed by atoms with van der Waals surface area (Å²) in [5, 5.41) is 16.6. The Hall–Kier alpha value is -3.05. The third-order valence-electron chi connectivity index (χ3n) is 7.58. The van der Waals surface area contributed by atoms with Crippen molar-refractivity contribution < 1.29 is 17.9 Å². The van der Waals surface area contributed by atoms with Crippen molar-refractivity contribution in [2.75, 3.05) is 31.6 Å². The summed E-state index contributed by atoms with van der Waals surface area (Å²) in [4.78, 5) is 15.3. The molecule has 37 heavy (non-hydrogen) atoms. The van der Waals surface area contributed by atoms with E-state index in [0.717, 1.165) is 68.4 Å². The number of nitrogens with zero attached hydrogens (tertiary/aromatic N) is 5. The van der Waals surface area contributed by atoms with Gasteiger partial charge >= 0.3 is 0 Å². The van der Waals surface area contributed by atoms with Crippen LogP contribution in [0.3, 0.4) is 0 Å². The Bertz CT molecular complexity index is 1320. The van der Waals surface area contributed by atoms with Crippen LogP contribution in [0.25, 0.3) is 10.9 Å². The summed E-state index contributed by atoms with van der Waals surface area (Å²) in [5.74, 6) is -0.437. The molecule has 0 bridgehead atoms. The Balaban J connectivity index is 1.41. The lowest BCUT2D eigenvalue weighted by Crippen LogP contribution is -2.43. The van der Waals surface area contributed by atoms with Gasteiger partial charge in [-0.05, 0) is 51.8 Å². The lowest BCUT2D eigenvalue weighted by atomic mass is 9.91. The predicted octanol–water partition coefficient (Wildman–Crippen LogP) is 4.33. The Morgan fingerprint density at radius 2 is 1.78 bits per heavy atom. The van der Waals surface area contributed by atoms with Crippen molar-refractivity contribution in [1.82, 2.24) is 24.9 Å². The first kappa shape index (κ1) is 25.6. The van der Waals surface area contributed by atoms with Crippen LogP contribution < -0.4 is 10.9 Å². The summed E-state index contributed by atoms with van der Waals surface area (Å²) in [6.45, 7) is 5.21. The zero-order valence-electron chi connectivity index (χ0n) is 21.0. The maximum Gasteiger partial charge on any atom is 0.295 e.